The first-order chi connectivity index (χ1) is 9.36. The lowest BCUT2D eigenvalue weighted by atomic mass is 10.3. The van der Waals surface area contributed by atoms with Crippen LogP contribution in [0.2, 0.25) is 0 Å². The van der Waals surface area contributed by atoms with Crippen molar-refractivity contribution in [2.24, 2.45) is 5.84 Å². The lowest BCUT2D eigenvalue weighted by molar-refractivity contribution is -0.121. The van der Waals surface area contributed by atoms with Gasteiger partial charge in [0, 0.05) is 31.4 Å². The molecule has 0 aliphatic heterocycles. The fourth-order valence-electron chi connectivity index (χ4n) is 1.48. The van der Waals surface area contributed by atoms with Gasteiger partial charge in [-0.3, -0.25) is 15.6 Å². The number of carbonyl (C=O) groups is 1. The molecule has 9 heteroatoms. The van der Waals surface area contributed by atoms with Crippen molar-refractivity contribution in [1.82, 2.24) is 15.0 Å². The maximum atomic E-state index is 12.0. The molecular weight excluding hydrogens is 282 g/mol. The van der Waals surface area contributed by atoms with Crippen molar-refractivity contribution in [1.29, 1.82) is 0 Å². The Labute approximate surface area is 118 Å². The Morgan fingerprint density at radius 2 is 2.15 bits per heavy atom. The predicted molar refractivity (Wildman–Crippen MR) is 75.1 cm³/mol. The van der Waals surface area contributed by atoms with Crippen LogP contribution in [0.1, 0.15) is 20.3 Å². The van der Waals surface area contributed by atoms with E-state index in [4.69, 9.17) is 5.84 Å². The number of pyridine rings is 1. The van der Waals surface area contributed by atoms with E-state index in [0.717, 1.165) is 0 Å². The van der Waals surface area contributed by atoms with Gasteiger partial charge in [-0.25, -0.2) is 13.1 Å². The zero-order valence-electron chi connectivity index (χ0n) is 11.4. The van der Waals surface area contributed by atoms with Crippen molar-refractivity contribution in [2.75, 3.05) is 12.0 Å². The number of aromatic nitrogens is 1. The first-order valence-electron chi connectivity index (χ1n) is 6.06. The molecule has 0 saturated carbocycles. The van der Waals surface area contributed by atoms with Gasteiger partial charge < -0.3 is 10.7 Å². The fourth-order valence-corrected chi connectivity index (χ4v) is 2.63. The van der Waals surface area contributed by atoms with Crippen LogP contribution in [0.15, 0.2) is 23.4 Å². The molecule has 0 aliphatic rings. The predicted octanol–water partition coefficient (Wildman–Crippen LogP) is -0.440. The van der Waals surface area contributed by atoms with Crippen LogP contribution < -0.4 is 21.3 Å². The van der Waals surface area contributed by atoms with Gasteiger partial charge in [0.1, 0.15) is 4.90 Å². The van der Waals surface area contributed by atoms with E-state index in [1.807, 2.05) is 13.8 Å². The molecule has 0 aromatic carbocycles. The Kier molecular flexibility index (Phi) is 5.86. The third-order valence-electron chi connectivity index (χ3n) is 2.32. The molecule has 1 rings (SSSR count). The number of nitrogens with zero attached hydrogens (tertiary/aromatic N) is 1. The largest absolute Gasteiger partial charge is 0.354 e. The van der Waals surface area contributed by atoms with E-state index in [9.17, 15) is 13.2 Å². The number of nitrogens with one attached hydrogen (secondary N) is 3. The summed E-state index contributed by atoms with van der Waals surface area (Å²) in [6, 6.07) is 1.46. The van der Waals surface area contributed by atoms with Gasteiger partial charge in [0.15, 0.2) is 0 Å². The maximum Gasteiger partial charge on any atom is 0.244 e. The van der Waals surface area contributed by atoms with Crippen molar-refractivity contribution in [3.63, 3.8) is 0 Å². The molecule has 0 saturated heterocycles. The lowest BCUT2D eigenvalue weighted by Crippen LogP contribution is -2.34. The molecule has 20 heavy (non-hydrogen) atoms. The lowest BCUT2D eigenvalue weighted by Gasteiger charge is -2.11. The Bertz CT molecular complexity index is 559. The number of nitrogen functional groups attached to an aromatic ring is 1. The average molecular weight is 301 g/mol. The monoisotopic (exact) mass is 301 g/mol. The molecular formula is C11H19N5O3S. The summed E-state index contributed by atoms with van der Waals surface area (Å²) in [5, 5.41) is 2.67. The number of amides is 1. The molecule has 112 valence electrons. The average Bonchev–Trinajstić information content (AvgIpc) is 2.37. The van der Waals surface area contributed by atoms with E-state index in [-0.39, 0.29) is 35.5 Å². The van der Waals surface area contributed by atoms with Crippen LogP contribution in [0.3, 0.4) is 0 Å². The summed E-state index contributed by atoms with van der Waals surface area (Å²) in [5.74, 6) is 5.03. The third kappa shape index (κ3) is 4.76. The summed E-state index contributed by atoms with van der Waals surface area (Å²) in [6.45, 7) is 3.66. The minimum Gasteiger partial charge on any atom is -0.354 e. The number of hydrazine groups is 1. The van der Waals surface area contributed by atoms with Crippen LogP contribution in [0.25, 0.3) is 0 Å². The van der Waals surface area contributed by atoms with Crippen LogP contribution >= 0.6 is 0 Å². The highest BCUT2D eigenvalue weighted by atomic mass is 32.2. The van der Waals surface area contributed by atoms with Crippen LogP contribution in [0, 0.1) is 0 Å². The van der Waals surface area contributed by atoms with Crippen LogP contribution in [-0.4, -0.2) is 31.9 Å². The molecule has 0 fully saturated rings. The van der Waals surface area contributed by atoms with E-state index in [1.54, 1.807) is 0 Å². The summed E-state index contributed by atoms with van der Waals surface area (Å²) in [6.07, 6.45) is 2.67. The summed E-state index contributed by atoms with van der Waals surface area (Å²) in [5.41, 5.74) is 2.52. The number of rotatable bonds is 7. The van der Waals surface area contributed by atoms with Crippen molar-refractivity contribution in [3.8, 4) is 0 Å². The SMILES string of the molecule is CC(C)NC(=O)CCNS(=O)(=O)c1cnccc1NN. The van der Waals surface area contributed by atoms with Crippen molar-refractivity contribution in [3.05, 3.63) is 18.5 Å². The topological polar surface area (TPSA) is 126 Å². The van der Waals surface area contributed by atoms with E-state index in [1.165, 1.54) is 18.5 Å². The van der Waals surface area contributed by atoms with Gasteiger partial charge in [0.25, 0.3) is 0 Å². The van der Waals surface area contributed by atoms with Crippen LogP contribution in [0.5, 0.6) is 0 Å². The summed E-state index contributed by atoms with van der Waals surface area (Å²) in [7, 11) is -3.76. The minimum absolute atomic E-state index is 0.000206. The van der Waals surface area contributed by atoms with Gasteiger partial charge >= 0.3 is 0 Å². The normalized spacial score (nSPS) is 11.4. The zero-order chi connectivity index (χ0) is 15.2. The number of sulfonamides is 1. The number of nitrogens with two attached hydrogens (primary N) is 1. The smallest absolute Gasteiger partial charge is 0.244 e. The van der Waals surface area contributed by atoms with Crippen LogP contribution in [0.4, 0.5) is 5.69 Å². The van der Waals surface area contributed by atoms with Gasteiger partial charge in [-0.1, -0.05) is 0 Å². The fraction of sp³-hybridized carbons (Fsp3) is 0.455. The van der Waals surface area contributed by atoms with E-state index >= 15 is 0 Å². The standard InChI is InChI=1S/C11H19N5O3S/c1-8(2)15-11(17)4-6-14-20(18,19)10-7-13-5-3-9(10)16-12/h3,5,7-8,14H,4,6,12H2,1-2H3,(H,13,16)(H,15,17). The molecule has 0 spiro atoms. The molecule has 5 N–H and O–H groups in total. The number of anilines is 1. The zero-order valence-corrected chi connectivity index (χ0v) is 12.2. The summed E-state index contributed by atoms with van der Waals surface area (Å²) >= 11 is 0. The minimum atomic E-state index is -3.76. The number of hydrogen-bond donors (Lipinski definition) is 4. The van der Waals surface area contributed by atoms with Gasteiger partial charge in [-0.15, -0.1) is 0 Å². The second-order valence-electron chi connectivity index (χ2n) is 4.39. The second kappa shape index (κ2) is 7.17. The van der Waals surface area contributed by atoms with Gasteiger partial charge in [-0.05, 0) is 19.9 Å². The molecule has 0 radical (unpaired) electrons. The summed E-state index contributed by atoms with van der Waals surface area (Å²) in [4.78, 5) is 15.1. The Morgan fingerprint density at radius 1 is 1.45 bits per heavy atom. The van der Waals surface area contributed by atoms with Crippen molar-refractivity contribution in [2.45, 2.75) is 31.2 Å². The number of hydrogen-bond acceptors (Lipinski definition) is 6. The number of carbonyl (C=O) groups excluding carboxylic acids is 1. The first kappa shape index (κ1) is 16.3. The Morgan fingerprint density at radius 3 is 2.75 bits per heavy atom. The molecule has 0 unspecified atom stereocenters. The van der Waals surface area contributed by atoms with E-state index < -0.39 is 10.0 Å². The van der Waals surface area contributed by atoms with E-state index in [0.29, 0.717) is 0 Å². The Hall–Kier alpha value is -1.71. The molecule has 8 nitrogen and oxygen atoms in total. The highest BCUT2D eigenvalue weighted by Crippen LogP contribution is 2.17. The molecule has 1 amide bonds. The molecule has 0 bridgehead atoms. The third-order valence-corrected chi connectivity index (χ3v) is 3.81. The highest BCUT2D eigenvalue weighted by molar-refractivity contribution is 7.89. The van der Waals surface area contributed by atoms with E-state index in [2.05, 4.69) is 20.4 Å². The van der Waals surface area contributed by atoms with Crippen LogP contribution in [-0.2, 0) is 14.8 Å². The quantitative estimate of drug-likeness (QED) is 0.399. The van der Waals surface area contributed by atoms with Gasteiger partial charge in [0.2, 0.25) is 15.9 Å². The first-order valence-corrected chi connectivity index (χ1v) is 7.55. The van der Waals surface area contributed by atoms with Crippen molar-refractivity contribution < 1.29 is 13.2 Å². The molecule has 1 heterocycles. The molecule has 0 atom stereocenters. The highest BCUT2D eigenvalue weighted by Gasteiger charge is 2.18. The van der Waals surface area contributed by atoms with Gasteiger partial charge in [-0.2, -0.15) is 0 Å². The second-order valence-corrected chi connectivity index (χ2v) is 6.12. The molecule has 1 aromatic heterocycles. The van der Waals surface area contributed by atoms with Crippen molar-refractivity contribution >= 4 is 21.6 Å². The molecule has 1 aromatic rings. The summed E-state index contributed by atoms with van der Waals surface area (Å²) < 4.78 is 26.4. The van der Waals surface area contributed by atoms with Gasteiger partial charge in [0.05, 0.1) is 5.69 Å². The molecule has 0 aliphatic carbocycles. The maximum absolute atomic E-state index is 12.0. The Balaban J connectivity index is 2.65.